The molecule has 2 amide bonds. The smallest absolute Gasteiger partial charge is 0.338 e. The lowest BCUT2D eigenvalue weighted by Crippen LogP contribution is -2.30. The lowest BCUT2D eigenvalue weighted by atomic mass is 10.1. The molecule has 1 fully saturated rings. The molecule has 0 spiro atoms. The number of aromatic carboxylic acids is 1. The Kier molecular flexibility index (Phi) is 3.56. The number of hydrogen-bond donors (Lipinski definition) is 3. The third-order valence-electron chi connectivity index (χ3n) is 2.92. The maximum Gasteiger partial charge on any atom is 0.338 e. The molecule has 1 aliphatic carbocycles. The molecule has 3 N–H and O–H groups in total. The van der Waals surface area contributed by atoms with E-state index < -0.39 is 5.97 Å². The van der Waals surface area contributed by atoms with Crippen LogP contribution in [0, 0.1) is 6.92 Å². The molecule has 0 unspecified atom stereocenters. The van der Waals surface area contributed by atoms with Gasteiger partial charge in [-0.05, 0) is 31.7 Å². The predicted octanol–water partition coefficient (Wildman–Crippen LogP) is 2.60. The van der Waals surface area contributed by atoms with Gasteiger partial charge in [0.1, 0.15) is 5.00 Å². The topological polar surface area (TPSA) is 78.4 Å². The Morgan fingerprint density at radius 2 is 2.11 bits per heavy atom. The van der Waals surface area contributed by atoms with Crippen molar-refractivity contribution in [3.05, 3.63) is 16.0 Å². The van der Waals surface area contributed by atoms with Crippen LogP contribution in [-0.2, 0) is 6.42 Å². The number of rotatable bonds is 4. The van der Waals surface area contributed by atoms with Crippen LogP contribution in [0.25, 0.3) is 0 Å². The number of amides is 2. The SMILES string of the molecule is CCc1sc(NC(=O)NC2CC2)c(C(=O)O)c1C. The van der Waals surface area contributed by atoms with Crippen LogP contribution in [-0.4, -0.2) is 23.1 Å². The van der Waals surface area contributed by atoms with Crippen LogP contribution < -0.4 is 10.6 Å². The summed E-state index contributed by atoms with van der Waals surface area (Å²) in [5, 5.41) is 15.0. The van der Waals surface area contributed by atoms with Gasteiger partial charge in [0.05, 0.1) is 5.56 Å². The van der Waals surface area contributed by atoms with E-state index in [0.717, 1.165) is 29.7 Å². The standard InChI is InChI=1S/C12H16N2O3S/c1-3-8-6(2)9(11(15)16)10(18-8)14-12(17)13-7-4-5-7/h7H,3-5H2,1-2H3,(H,15,16)(H2,13,14,17). The number of carbonyl (C=O) groups is 2. The second-order valence-electron chi connectivity index (χ2n) is 4.39. The van der Waals surface area contributed by atoms with Crippen LogP contribution >= 0.6 is 11.3 Å². The summed E-state index contributed by atoms with van der Waals surface area (Å²) < 4.78 is 0. The van der Waals surface area contributed by atoms with E-state index in [1.165, 1.54) is 11.3 Å². The van der Waals surface area contributed by atoms with Crippen LogP contribution in [0.2, 0.25) is 0 Å². The molecule has 1 saturated carbocycles. The quantitative estimate of drug-likeness (QED) is 0.785. The molecule has 1 aliphatic rings. The summed E-state index contributed by atoms with van der Waals surface area (Å²) in [5.41, 5.74) is 0.958. The lowest BCUT2D eigenvalue weighted by molar-refractivity contribution is 0.0697. The third-order valence-corrected chi connectivity index (χ3v) is 4.27. The van der Waals surface area contributed by atoms with Crippen molar-refractivity contribution in [2.24, 2.45) is 0 Å². The Labute approximate surface area is 109 Å². The zero-order valence-electron chi connectivity index (χ0n) is 10.4. The fourth-order valence-corrected chi connectivity index (χ4v) is 2.93. The molecule has 6 heteroatoms. The first-order chi connectivity index (χ1) is 8.52. The second kappa shape index (κ2) is 4.97. The number of nitrogens with one attached hydrogen (secondary N) is 2. The Bertz CT molecular complexity index is 492. The fraction of sp³-hybridized carbons (Fsp3) is 0.500. The molecular formula is C12H16N2O3S. The van der Waals surface area contributed by atoms with E-state index in [0.29, 0.717) is 5.00 Å². The van der Waals surface area contributed by atoms with E-state index >= 15 is 0 Å². The van der Waals surface area contributed by atoms with Crippen molar-refractivity contribution in [1.82, 2.24) is 5.32 Å². The van der Waals surface area contributed by atoms with Crippen molar-refractivity contribution in [3.63, 3.8) is 0 Å². The molecule has 1 aromatic rings. The van der Waals surface area contributed by atoms with Gasteiger partial charge in [0.2, 0.25) is 0 Å². The summed E-state index contributed by atoms with van der Waals surface area (Å²) in [4.78, 5) is 23.9. The number of aryl methyl sites for hydroxylation is 1. The van der Waals surface area contributed by atoms with Crippen LogP contribution in [0.3, 0.4) is 0 Å². The number of thiophene rings is 1. The molecule has 2 rings (SSSR count). The molecule has 98 valence electrons. The van der Waals surface area contributed by atoms with Gasteiger partial charge in [0, 0.05) is 10.9 Å². The monoisotopic (exact) mass is 268 g/mol. The van der Waals surface area contributed by atoms with Gasteiger partial charge in [-0.3, -0.25) is 5.32 Å². The predicted molar refractivity (Wildman–Crippen MR) is 70.6 cm³/mol. The molecule has 0 aliphatic heterocycles. The number of urea groups is 1. The lowest BCUT2D eigenvalue weighted by Gasteiger charge is -2.05. The van der Waals surface area contributed by atoms with Crippen molar-refractivity contribution in [2.75, 3.05) is 5.32 Å². The minimum Gasteiger partial charge on any atom is -0.478 e. The number of anilines is 1. The van der Waals surface area contributed by atoms with Crippen molar-refractivity contribution in [3.8, 4) is 0 Å². The van der Waals surface area contributed by atoms with E-state index in [9.17, 15) is 14.7 Å². The fourth-order valence-electron chi connectivity index (χ4n) is 1.80. The van der Waals surface area contributed by atoms with Gasteiger partial charge in [0.25, 0.3) is 0 Å². The first kappa shape index (κ1) is 12.9. The van der Waals surface area contributed by atoms with Crippen molar-refractivity contribution in [1.29, 1.82) is 0 Å². The molecule has 18 heavy (non-hydrogen) atoms. The Morgan fingerprint density at radius 1 is 1.44 bits per heavy atom. The van der Waals surface area contributed by atoms with Gasteiger partial charge in [-0.25, -0.2) is 9.59 Å². The molecule has 1 aromatic heterocycles. The van der Waals surface area contributed by atoms with Gasteiger partial charge in [-0.15, -0.1) is 11.3 Å². The zero-order valence-corrected chi connectivity index (χ0v) is 11.2. The van der Waals surface area contributed by atoms with Gasteiger partial charge in [-0.1, -0.05) is 6.92 Å². The Balaban J connectivity index is 2.19. The Hall–Kier alpha value is -1.56. The normalized spacial score (nSPS) is 14.3. The first-order valence-corrected chi connectivity index (χ1v) is 6.77. The van der Waals surface area contributed by atoms with E-state index in [2.05, 4.69) is 10.6 Å². The van der Waals surface area contributed by atoms with Crippen molar-refractivity contribution >= 4 is 28.3 Å². The van der Waals surface area contributed by atoms with E-state index in [1.54, 1.807) is 6.92 Å². The van der Waals surface area contributed by atoms with Crippen molar-refractivity contribution in [2.45, 2.75) is 39.2 Å². The van der Waals surface area contributed by atoms with Crippen LogP contribution in [0.15, 0.2) is 0 Å². The van der Waals surface area contributed by atoms with E-state index in [1.807, 2.05) is 6.92 Å². The van der Waals surface area contributed by atoms with Crippen LogP contribution in [0.4, 0.5) is 9.80 Å². The highest BCUT2D eigenvalue weighted by Crippen LogP contribution is 2.33. The highest BCUT2D eigenvalue weighted by molar-refractivity contribution is 7.16. The molecule has 0 atom stereocenters. The first-order valence-electron chi connectivity index (χ1n) is 5.96. The molecule has 0 aromatic carbocycles. The van der Waals surface area contributed by atoms with Crippen LogP contribution in [0.1, 0.15) is 40.6 Å². The minimum atomic E-state index is -0.995. The molecule has 0 bridgehead atoms. The number of carboxylic acids is 1. The molecule has 1 heterocycles. The average Bonchev–Trinajstić information content (AvgIpc) is 3.02. The Morgan fingerprint density at radius 3 is 2.61 bits per heavy atom. The highest BCUT2D eigenvalue weighted by Gasteiger charge is 2.25. The van der Waals surface area contributed by atoms with E-state index in [-0.39, 0.29) is 17.6 Å². The number of hydrogen-bond acceptors (Lipinski definition) is 3. The minimum absolute atomic E-state index is 0.211. The average molecular weight is 268 g/mol. The van der Waals surface area contributed by atoms with Gasteiger partial charge in [0.15, 0.2) is 0 Å². The summed E-state index contributed by atoms with van der Waals surface area (Å²) >= 11 is 1.34. The molecule has 0 saturated heterocycles. The highest BCUT2D eigenvalue weighted by atomic mass is 32.1. The third kappa shape index (κ3) is 2.64. The van der Waals surface area contributed by atoms with Gasteiger partial charge < -0.3 is 10.4 Å². The number of carbonyl (C=O) groups excluding carboxylic acids is 1. The number of carboxylic acid groups (broad SMARTS) is 1. The van der Waals surface area contributed by atoms with Gasteiger partial charge >= 0.3 is 12.0 Å². The summed E-state index contributed by atoms with van der Waals surface area (Å²) in [7, 11) is 0. The van der Waals surface area contributed by atoms with E-state index in [4.69, 9.17) is 0 Å². The zero-order chi connectivity index (χ0) is 13.3. The maximum absolute atomic E-state index is 11.6. The summed E-state index contributed by atoms with van der Waals surface area (Å²) in [5.74, 6) is -0.995. The summed E-state index contributed by atoms with van der Waals surface area (Å²) in [6.45, 7) is 3.75. The van der Waals surface area contributed by atoms with Crippen molar-refractivity contribution < 1.29 is 14.7 Å². The summed E-state index contributed by atoms with van der Waals surface area (Å²) in [6.07, 6.45) is 2.77. The van der Waals surface area contributed by atoms with Gasteiger partial charge in [-0.2, -0.15) is 0 Å². The molecule has 5 nitrogen and oxygen atoms in total. The maximum atomic E-state index is 11.6. The molecule has 0 radical (unpaired) electrons. The summed E-state index contributed by atoms with van der Waals surface area (Å²) in [6, 6.07) is -0.0612. The molecular weight excluding hydrogens is 252 g/mol. The second-order valence-corrected chi connectivity index (χ2v) is 5.49. The van der Waals surface area contributed by atoms with Crippen LogP contribution in [0.5, 0.6) is 0 Å². The largest absolute Gasteiger partial charge is 0.478 e.